The predicted octanol–water partition coefficient (Wildman–Crippen LogP) is 1.07. The number of hydrogen-bond acceptors (Lipinski definition) is 3. The molecule has 1 fully saturated rings. The van der Waals surface area contributed by atoms with Crippen molar-refractivity contribution in [2.45, 2.75) is 13.0 Å². The summed E-state index contributed by atoms with van der Waals surface area (Å²) in [5, 5.41) is 14.6. The van der Waals surface area contributed by atoms with Crippen LogP contribution in [-0.4, -0.2) is 47.5 Å². The van der Waals surface area contributed by atoms with E-state index < -0.39 is 17.9 Å². The van der Waals surface area contributed by atoms with Crippen molar-refractivity contribution < 1.29 is 19.5 Å². The molecule has 3 N–H and O–H groups in total. The van der Waals surface area contributed by atoms with Gasteiger partial charge >= 0.3 is 12.0 Å². The second kappa shape index (κ2) is 7.82. The van der Waals surface area contributed by atoms with Gasteiger partial charge in [-0.15, -0.1) is 0 Å². The smallest absolute Gasteiger partial charge is 0.315 e. The third-order valence-electron chi connectivity index (χ3n) is 3.66. The predicted molar refractivity (Wildman–Crippen MR) is 84.0 cm³/mol. The summed E-state index contributed by atoms with van der Waals surface area (Å²) in [7, 11) is 0. The quantitative estimate of drug-likeness (QED) is 0.747. The number of halogens is 1. The van der Waals surface area contributed by atoms with E-state index in [4.69, 9.17) is 16.7 Å². The van der Waals surface area contributed by atoms with Crippen LogP contribution >= 0.6 is 11.6 Å². The van der Waals surface area contributed by atoms with Gasteiger partial charge < -0.3 is 20.6 Å². The van der Waals surface area contributed by atoms with Gasteiger partial charge in [-0.05, 0) is 24.1 Å². The number of carbonyl (C=O) groups is 3. The molecule has 0 spiro atoms. The minimum absolute atomic E-state index is 0.154. The molecule has 0 aliphatic carbocycles. The minimum Gasteiger partial charge on any atom is -0.481 e. The van der Waals surface area contributed by atoms with Crippen molar-refractivity contribution in [3.8, 4) is 0 Å². The van der Waals surface area contributed by atoms with Crippen molar-refractivity contribution in [2.75, 3.05) is 19.6 Å². The molecule has 1 aliphatic heterocycles. The molecule has 0 saturated carbocycles. The van der Waals surface area contributed by atoms with E-state index in [0.717, 1.165) is 5.56 Å². The maximum Gasteiger partial charge on any atom is 0.315 e. The molecule has 1 aliphatic rings. The zero-order chi connectivity index (χ0) is 16.8. The van der Waals surface area contributed by atoms with Crippen molar-refractivity contribution in [3.05, 3.63) is 34.9 Å². The Morgan fingerprint density at radius 3 is 2.52 bits per heavy atom. The van der Waals surface area contributed by atoms with Gasteiger partial charge in [0.1, 0.15) is 0 Å². The van der Waals surface area contributed by atoms with Crippen molar-refractivity contribution in [2.24, 2.45) is 5.92 Å². The molecule has 0 aromatic heterocycles. The van der Waals surface area contributed by atoms with Gasteiger partial charge in [-0.1, -0.05) is 23.7 Å². The SMILES string of the molecule is O=C(NCC(=O)N1CCC(C(=O)O)C1)NCc1ccc(Cl)cc1. The van der Waals surface area contributed by atoms with E-state index in [1.165, 1.54) is 4.90 Å². The van der Waals surface area contributed by atoms with Crippen molar-refractivity contribution in [1.29, 1.82) is 0 Å². The number of hydrogen-bond donors (Lipinski definition) is 3. The maximum absolute atomic E-state index is 11.9. The minimum atomic E-state index is -0.894. The van der Waals surface area contributed by atoms with Crippen LogP contribution in [0.5, 0.6) is 0 Å². The fourth-order valence-electron chi connectivity index (χ4n) is 2.30. The Bertz CT molecular complexity index is 591. The number of urea groups is 1. The van der Waals surface area contributed by atoms with Crippen LogP contribution in [0.25, 0.3) is 0 Å². The van der Waals surface area contributed by atoms with Gasteiger partial charge in [0.25, 0.3) is 0 Å². The molecule has 0 radical (unpaired) electrons. The second-order valence-corrected chi connectivity index (χ2v) is 5.76. The number of nitrogens with zero attached hydrogens (tertiary/aromatic N) is 1. The topological polar surface area (TPSA) is 98.7 Å². The summed E-state index contributed by atoms with van der Waals surface area (Å²) in [6.07, 6.45) is 0.448. The van der Waals surface area contributed by atoms with E-state index in [9.17, 15) is 14.4 Å². The molecule has 1 aromatic rings. The summed E-state index contributed by atoms with van der Waals surface area (Å²) in [4.78, 5) is 35.9. The molecule has 124 valence electrons. The lowest BCUT2D eigenvalue weighted by Crippen LogP contribution is -2.43. The summed E-state index contributed by atoms with van der Waals surface area (Å²) in [6, 6.07) is 6.59. The van der Waals surface area contributed by atoms with E-state index in [2.05, 4.69) is 10.6 Å². The number of nitrogens with one attached hydrogen (secondary N) is 2. The van der Waals surface area contributed by atoms with Crippen molar-refractivity contribution in [1.82, 2.24) is 15.5 Å². The Morgan fingerprint density at radius 1 is 1.22 bits per heavy atom. The van der Waals surface area contributed by atoms with E-state index in [1.807, 2.05) is 0 Å². The summed E-state index contributed by atoms with van der Waals surface area (Å²) in [5.41, 5.74) is 0.889. The first-order valence-electron chi connectivity index (χ1n) is 7.22. The Labute approximate surface area is 138 Å². The average Bonchev–Trinajstić information content (AvgIpc) is 3.02. The monoisotopic (exact) mass is 339 g/mol. The molecule has 1 heterocycles. The van der Waals surface area contributed by atoms with Crippen LogP contribution in [0.4, 0.5) is 4.79 Å². The van der Waals surface area contributed by atoms with Crippen LogP contribution in [0.1, 0.15) is 12.0 Å². The highest BCUT2D eigenvalue weighted by molar-refractivity contribution is 6.30. The zero-order valence-corrected chi connectivity index (χ0v) is 13.2. The number of likely N-dealkylation sites (tertiary alicyclic amines) is 1. The molecular weight excluding hydrogens is 322 g/mol. The lowest BCUT2D eigenvalue weighted by atomic mass is 10.1. The molecule has 7 nitrogen and oxygen atoms in total. The van der Waals surface area contributed by atoms with Crippen LogP contribution in [-0.2, 0) is 16.1 Å². The van der Waals surface area contributed by atoms with Crippen LogP contribution in [0.2, 0.25) is 5.02 Å². The summed E-state index contributed by atoms with van der Waals surface area (Å²) >= 11 is 5.77. The van der Waals surface area contributed by atoms with E-state index >= 15 is 0 Å². The number of aliphatic carboxylic acids is 1. The number of amides is 3. The average molecular weight is 340 g/mol. The van der Waals surface area contributed by atoms with Crippen LogP contribution in [0.3, 0.4) is 0 Å². The highest BCUT2D eigenvalue weighted by atomic mass is 35.5. The molecule has 1 atom stereocenters. The lowest BCUT2D eigenvalue weighted by molar-refractivity contribution is -0.141. The number of benzene rings is 1. The van der Waals surface area contributed by atoms with Gasteiger partial charge in [-0.2, -0.15) is 0 Å². The first-order valence-corrected chi connectivity index (χ1v) is 7.60. The highest BCUT2D eigenvalue weighted by Crippen LogP contribution is 2.16. The largest absolute Gasteiger partial charge is 0.481 e. The Hall–Kier alpha value is -2.28. The molecule has 8 heteroatoms. The van der Waals surface area contributed by atoms with Gasteiger partial charge in [-0.3, -0.25) is 9.59 Å². The molecule has 2 rings (SSSR count). The lowest BCUT2D eigenvalue weighted by Gasteiger charge is -2.16. The third-order valence-corrected chi connectivity index (χ3v) is 3.91. The zero-order valence-electron chi connectivity index (χ0n) is 12.4. The van der Waals surface area contributed by atoms with Crippen LogP contribution < -0.4 is 10.6 Å². The van der Waals surface area contributed by atoms with E-state index in [0.29, 0.717) is 24.5 Å². The molecular formula is C15H18ClN3O4. The molecule has 3 amide bonds. The van der Waals surface area contributed by atoms with Gasteiger partial charge in [0, 0.05) is 24.7 Å². The third kappa shape index (κ3) is 5.14. The summed E-state index contributed by atoms with van der Waals surface area (Å²) in [5.74, 6) is -1.69. The molecule has 1 unspecified atom stereocenters. The van der Waals surface area contributed by atoms with Crippen LogP contribution in [0.15, 0.2) is 24.3 Å². The standard InChI is InChI=1S/C15H18ClN3O4/c16-12-3-1-10(2-4-12)7-17-15(23)18-8-13(20)19-6-5-11(9-19)14(21)22/h1-4,11H,5-9H2,(H,21,22)(H2,17,18,23). The van der Waals surface area contributed by atoms with Gasteiger partial charge in [0.05, 0.1) is 12.5 Å². The Kier molecular flexibility index (Phi) is 5.81. The van der Waals surface area contributed by atoms with Crippen LogP contribution in [0, 0.1) is 5.92 Å². The van der Waals surface area contributed by atoms with Crippen molar-refractivity contribution >= 4 is 29.5 Å². The summed E-state index contributed by atoms with van der Waals surface area (Å²) in [6.45, 7) is 0.771. The Morgan fingerprint density at radius 2 is 1.91 bits per heavy atom. The number of carboxylic acids is 1. The van der Waals surface area contributed by atoms with E-state index in [-0.39, 0.29) is 19.0 Å². The Balaban J connectivity index is 1.69. The number of rotatable bonds is 5. The molecule has 23 heavy (non-hydrogen) atoms. The second-order valence-electron chi connectivity index (χ2n) is 5.33. The fourth-order valence-corrected chi connectivity index (χ4v) is 2.43. The highest BCUT2D eigenvalue weighted by Gasteiger charge is 2.30. The number of carboxylic acid groups (broad SMARTS) is 1. The van der Waals surface area contributed by atoms with Gasteiger partial charge in [0.2, 0.25) is 5.91 Å². The molecule has 1 aromatic carbocycles. The molecule has 0 bridgehead atoms. The normalized spacial score (nSPS) is 16.9. The first kappa shape index (κ1) is 17.1. The van der Waals surface area contributed by atoms with Crippen molar-refractivity contribution in [3.63, 3.8) is 0 Å². The summed E-state index contributed by atoms with van der Waals surface area (Å²) < 4.78 is 0. The maximum atomic E-state index is 11.9. The first-order chi connectivity index (χ1) is 11.0. The van der Waals surface area contributed by atoms with Gasteiger partial charge in [-0.25, -0.2) is 4.79 Å². The molecule has 1 saturated heterocycles. The fraction of sp³-hybridized carbons (Fsp3) is 0.400. The van der Waals surface area contributed by atoms with E-state index in [1.54, 1.807) is 24.3 Å². The van der Waals surface area contributed by atoms with Gasteiger partial charge in [0.15, 0.2) is 0 Å². The number of carbonyl (C=O) groups excluding carboxylic acids is 2.